The number of nitrogens with one attached hydrogen (secondary N) is 1. The first-order valence-corrected chi connectivity index (χ1v) is 7.82. The second-order valence-corrected chi connectivity index (χ2v) is 5.41. The van der Waals surface area contributed by atoms with Crippen molar-refractivity contribution in [2.45, 2.75) is 13.8 Å². The minimum Gasteiger partial charge on any atom is -0.493 e. The number of para-hydroxylation sites is 2. The van der Waals surface area contributed by atoms with Crippen molar-refractivity contribution >= 4 is 5.91 Å². The molecule has 0 aliphatic carbocycles. The fourth-order valence-corrected chi connectivity index (χ4v) is 2.25. The van der Waals surface area contributed by atoms with Crippen LogP contribution in [0.4, 0.5) is 0 Å². The van der Waals surface area contributed by atoms with Crippen molar-refractivity contribution in [3.8, 4) is 17.2 Å². The summed E-state index contributed by atoms with van der Waals surface area (Å²) in [7, 11) is 1.56. The normalized spacial score (nSPS) is 10.1. The number of benzene rings is 2. The number of methoxy groups -OCH3 is 1. The third-order valence-corrected chi connectivity index (χ3v) is 3.44. The van der Waals surface area contributed by atoms with Crippen LogP contribution < -0.4 is 19.5 Å². The largest absolute Gasteiger partial charge is 0.493 e. The molecule has 0 bridgehead atoms. The van der Waals surface area contributed by atoms with Gasteiger partial charge in [-0.25, -0.2) is 0 Å². The van der Waals surface area contributed by atoms with Crippen LogP contribution in [-0.4, -0.2) is 32.8 Å². The van der Waals surface area contributed by atoms with Crippen molar-refractivity contribution in [2.24, 2.45) is 0 Å². The van der Waals surface area contributed by atoms with Crippen LogP contribution >= 0.6 is 0 Å². The van der Waals surface area contributed by atoms with Gasteiger partial charge in [-0.1, -0.05) is 29.8 Å². The number of carbonyl (C=O) groups excluding carboxylic acids is 1. The Kier molecular flexibility index (Phi) is 6.49. The Morgan fingerprint density at radius 3 is 2.46 bits per heavy atom. The smallest absolute Gasteiger partial charge is 0.258 e. The Bertz CT molecular complexity index is 685. The average molecular weight is 329 g/mol. The Balaban J connectivity index is 1.70. The van der Waals surface area contributed by atoms with Crippen molar-refractivity contribution in [1.82, 2.24) is 5.32 Å². The fourth-order valence-electron chi connectivity index (χ4n) is 2.25. The van der Waals surface area contributed by atoms with E-state index >= 15 is 0 Å². The van der Waals surface area contributed by atoms with Crippen molar-refractivity contribution in [1.29, 1.82) is 0 Å². The molecule has 0 aliphatic heterocycles. The molecule has 1 N–H and O–H groups in total. The molecule has 24 heavy (non-hydrogen) atoms. The van der Waals surface area contributed by atoms with Gasteiger partial charge in [0.1, 0.15) is 12.4 Å². The lowest BCUT2D eigenvalue weighted by molar-refractivity contribution is -0.123. The molecule has 0 saturated heterocycles. The Hall–Kier alpha value is -2.69. The van der Waals surface area contributed by atoms with Crippen LogP contribution in [0.15, 0.2) is 42.5 Å². The van der Waals surface area contributed by atoms with Crippen LogP contribution in [0.5, 0.6) is 17.2 Å². The third kappa shape index (κ3) is 5.19. The van der Waals surface area contributed by atoms with Gasteiger partial charge in [-0.3, -0.25) is 4.79 Å². The molecule has 5 heteroatoms. The number of ether oxygens (including phenoxy) is 3. The molecular weight excluding hydrogens is 306 g/mol. The molecule has 0 unspecified atom stereocenters. The van der Waals surface area contributed by atoms with E-state index in [-0.39, 0.29) is 12.5 Å². The lowest BCUT2D eigenvalue weighted by Crippen LogP contribution is -2.32. The van der Waals surface area contributed by atoms with Crippen LogP contribution in [0.3, 0.4) is 0 Å². The van der Waals surface area contributed by atoms with Gasteiger partial charge in [0.25, 0.3) is 5.91 Å². The number of hydrogen-bond acceptors (Lipinski definition) is 4. The predicted octanol–water partition coefficient (Wildman–Crippen LogP) is 2.89. The molecular formula is C19H23NO4. The minimum atomic E-state index is -0.204. The average Bonchev–Trinajstić information content (AvgIpc) is 2.58. The van der Waals surface area contributed by atoms with E-state index in [0.717, 1.165) is 11.3 Å². The summed E-state index contributed by atoms with van der Waals surface area (Å²) in [4.78, 5) is 11.8. The van der Waals surface area contributed by atoms with E-state index < -0.39 is 0 Å². The van der Waals surface area contributed by atoms with E-state index in [1.807, 2.05) is 38.1 Å². The number of carbonyl (C=O) groups is 1. The molecule has 128 valence electrons. The number of rotatable bonds is 8. The molecule has 0 atom stereocenters. The quantitative estimate of drug-likeness (QED) is 0.757. The molecule has 2 aromatic rings. The molecule has 2 rings (SSSR count). The first-order valence-electron chi connectivity index (χ1n) is 7.82. The van der Waals surface area contributed by atoms with Crippen LogP contribution in [0.25, 0.3) is 0 Å². The summed E-state index contributed by atoms with van der Waals surface area (Å²) in [6.45, 7) is 4.80. The topological polar surface area (TPSA) is 56.8 Å². The molecule has 5 nitrogen and oxygen atoms in total. The van der Waals surface area contributed by atoms with Gasteiger partial charge in [-0.2, -0.15) is 0 Å². The molecule has 1 amide bonds. The molecule has 0 aliphatic rings. The summed E-state index contributed by atoms with van der Waals surface area (Å²) in [5.74, 6) is 1.77. The lowest BCUT2D eigenvalue weighted by Gasteiger charge is -2.12. The van der Waals surface area contributed by atoms with Gasteiger partial charge in [0.2, 0.25) is 0 Å². The van der Waals surface area contributed by atoms with Gasteiger partial charge in [0.05, 0.1) is 13.7 Å². The zero-order valence-corrected chi connectivity index (χ0v) is 14.3. The van der Waals surface area contributed by atoms with Gasteiger partial charge in [-0.05, 0) is 37.6 Å². The van der Waals surface area contributed by atoms with Crippen LogP contribution in [0.1, 0.15) is 11.1 Å². The lowest BCUT2D eigenvalue weighted by atomic mass is 10.1. The molecule has 0 aromatic heterocycles. The van der Waals surface area contributed by atoms with Crippen LogP contribution in [0, 0.1) is 13.8 Å². The monoisotopic (exact) mass is 329 g/mol. The van der Waals surface area contributed by atoms with Gasteiger partial charge in [-0.15, -0.1) is 0 Å². The summed E-state index contributed by atoms with van der Waals surface area (Å²) in [6.07, 6.45) is 0. The predicted molar refractivity (Wildman–Crippen MR) is 92.9 cm³/mol. The third-order valence-electron chi connectivity index (χ3n) is 3.44. The van der Waals surface area contributed by atoms with E-state index in [9.17, 15) is 4.79 Å². The summed E-state index contributed by atoms with van der Waals surface area (Å²) < 4.78 is 16.3. The SMILES string of the molecule is COc1ccccc1OCC(=O)NCCOc1ccc(C)cc1C. The van der Waals surface area contributed by atoms with Crippen molar-refractivity contribution < 1.29 is 19.0 Å². The number of hydrogen-bond donors (Lipinski definition) is 1. The summed E-state index contributed by atoms with van der Waals surface area (Å²) in [6, 6.07) is 13.2. The van der Waals surface area contributed by atoms with Gasteiger partial charge in [0, 0.05) is 0 Å². The Morgan fingerprint density at radius 2 is 1.75 bits per heavy atom. The molecule has 2 aromatic carbocycles. The second-order valence-electron chi connectivity index (χ2n) is 5.41. The maximum absolute atomic E-state index is 11.8. The van der Waals surface area contributed by atoms with E-state index in [0.29, 0.717) is 24.7 Å². The molecule has 0 saturated carbocycles. The number of amides is 1. The highest BCUT2D eigenvalue weighted by Crippen LogP contribution is 2.25. The zero-order chi connectivity index (χ0) is 17.4. The van der Waals surface area contributed by atoms with Gasteiger partial charge in [0.15, 0.2) is 18.1 Å². The molecule has 0 fully saturated rings. The van der Waals surface area contributed by atoms with E-state index in [1.54, 1.807) is 19.2 Å². The Labute approximate surface area is 142 Å². The first kappa shape index (κ1) is 17.7. The van der Waals surface area contributed by atoms with Crippen molar-refractivity contribution in [3.63, 3.8) is 0 Å². The summed E-state index contributed by atoms with van der Waals surface area (Å²) in [5.41, 5.74) is 2.28. The molecule has 0 spiro atoms. The highest BCUT2D eigenvalue weighted by molar-refractivity contribution is 5.77. The van der Waals surface area contributed by atoms with Crippen LogP contribution in [0.2, 0.25) is 0 Å². The number of aryl methyl sites for hydroxylation is 2. The van der Waals surface area contributed by atoms with Gasteiger partial charge >= 0.3 is 0 Å². The van der Waals surface area contributed by atoms with E-state index in [1.165, 1.54) is 5.56 Å². The Morgan fingerprint density at radius 1 is 1.00 bits per heavy atom. The highest BCUT2D eigenvalue weighted by Gasteiger charge is 2.06. The van der Waals surface area contributed by atoms with E-state index in [2.05, 4.69) is 11.4 Å². The van der Waals surface area contributed by atoms with Gasteiger partial charge < -0.3 is 19.5 Å². The summed E-state index contributed by atoms with van der Waals surface area (Å²) in [5, 5.41) is 2.76. The highest BCUT2D eigenvalue weighted by atomic mass is 16.5. The van der Waals surface area contributed by atoms with Crippen LogP contribution in [-0.2, 0) is 4.79 Å². The molecule has 0 heterocycles. The maximum atomic E-state index is 11.8. The van der Waals surface area contributed by atoms with Crippen molar-refractivity contribution in [3.05, 3.63) is 53.6 Å². The second kappa shape index (κ2) is 8.82. The zero-order valence-electron chi connectivity index (χ0n) is 14.3. The summed E-state index contributed by atoms with van der Waals surface area (Å²) >= 11 is 0. The standard InChI is InChI=1S/C19H23NO4/c1-14-8-9-16(15(2)12-14)23-11-10-20-19(21)13-24-18-7-5-4-6-17(18)22-3/h4-9,12H,10-11,13H2,1-3H3,(H,20,21). The molecule has 0 radical (unpaired) electrons. The minimum absolute atomic E-state index is 0.0655. The first-order chi connectivity index (χ1) is 11.6. The van der Waals surface area contributed by atoms with E-state index in [4.69, 9.17) is 14.2 Å². The van der Waals surface area contributed by atoms with Crippen molar-refractivity contribution in [2.75, 3.05) is 26.9 Å². The fraction of sp³-hybridized carbons (Fsp3) is 0.316. The maximum Gasteiger partial charge on any atom is 0.258 e.